The number of carboxylic acids is 1. The summed E-state index contributed by atoms with van der Waals surface area (Å²) in [6.07, 6.45) is 0. The number of benzene rings is 2. The number of anilines is 1. The Morgan fingerprint density at radius 1 is 1.00 bits per heavy atom. The van der Waals surface area contributed by atoms with E-state index in [1.807, 2.05) is 53.7 Å². The third-order valence-electron chi connectivity index (χ3n) is 4.82. The van der Waals surface area contributed by atoms with E-state index in [2.05, 4.69) is 5.32 Å². The molecule has 0 aromatic heterocycles. The lowest BCUT2D eigenvalue weighted by Crippen LogP contribution is -2.29. The van der Waals surface area contributed by atoms with Crippen molar-refractivity contribution in [3.63, 3.8) is 0 Å². The number of rotatable bonds is 5. The van der Waals surface area contributed by atoms with Crippen molar-refractivity contribution >= 4 is 11.7 Å². The highest BCUT2D eigenvalue weighted by molar-refractivity contribution is 5.76. The Labute approximate surface area is 167 Å². The van der Waals surface area contributed by atoms with Crippen LogP contribution >= 0.6 is 0 Å². The molecule has 0 amide bonds. The zero-order valence-corrected chi connectivity index (χ0v) is 17.6. The molecule has 0 heterocycles. The molecule has 0 saturated heterocycles. The van der Waals surface area contributed by atoms with E-state index >= 15 is 0 Å². The van der Waals surface area contributed by atoms with E-state index in [1.54, 1.807) is 24.3 Å². The molecule has 0 saturated carbocycles. The van der Waals surface area contributed by atoms with Crippen LogP contribution in [-0.4, -0.2) is 16.2 Å². The van der Waals surface area contributed by atoms with Gasteiger partial charge in [-0.25, -0.2) is 0 Å². The first-order valence-electron chi connectivity index (χ1n) is 9.49. The molecule has 28 heavy (non-hydrogen) atoms. The molecule has 5 nitrogen and oxygen atoms in total. The fourth-order valence-electron chi connectivity index (χ4n) is 3.17. The maximum Gasteiger partial charge on any atom is 0.325 e. The van der Waals surface area contributed by atoms with Crippen LogP contribution in [0.5, 0.6) is 5.75 Å². The summed E-state index contributed by atoms with van der Waals surface area (Å²) in [5, 5.41) is 23.8. The van der Waals surface area contributed by atoms with Crippen LogP contribution in [0.4, 0.5) is 5.69 Å². The molecule has 0 aliphatic carbocycles. The zero-order chi connectivity index (χ0) is 21.3. The molecule has 0 bridgehead atoms. The monoisotopic (exact) mass is 384 g/mol. The first kappa shape index (κ1) is 21.8. The number of carbonyl (C=O) groups is 1. The van der Waals surface area contributed by atoms with E-state index in [1.165, 1.54) is 0 Å². The van der Waals surface area contributed by atoms with Crippen LogP contribution in [-0.2, 0) is 22.2 Å². The van der Waals surface area contributed by atoms with Gasteiger partial charge in [0.15, 0.2) is 0 Å². The summed E-state index contributed by atoms with van der Waals surface area (Å²) >= 11 is 0. The van der Waals surface area contributed by atoms with Gasteiger partial charge in [-0.05, 0) is 57.3 Å². The third kappa shape index (κ3) is 5.04. The maximum atomic E-state index is 12.0. The fraction of sp³-hybridized carbons (Fsp3) is 0.435. The SMILES string of the molecule is CC(C)(C)c1cc(C(NCc2ccc(N)cc2)C(=O)O)cc(C(C)(C)C)c1O. The summed E-state index contributed by atoms with van der Waals surface area (Å²) < 4.78 is 0. The minimum absolute atomic E-state index is 0.242. The van der Waals surface area contributed by atoms with Gasteiger partial charge in [-0.3, -0.25) is 10.1 Å². The van der Waals surface area contributed by atoms with Gasteiger partial charge in [0.25, 0.3) is 0 Å². The van der Waals surface area contributed by atoms with Crippen LogP contribution in [0.1, 0.15) is 69.8 Å². The van der Waals surface area contributed by atoms with Crippen molar-refractivity contribution in [1.29, 1.82) is 0 Å². The van der Waals surface area contributed by atoms with E-state index in [9.17, 15) is 15.0 Å². The van der Waals surface area contributed by atoms with Crippen LogP contribution in [0.3, 0.4) is 0 Å². The quantitative estimate of drug-likeness (QED) is 0.570. The second-order valence-electron chi connectivity index (χ2n) is 9.36. The Balaban J connectivity index is 2.48. The van der Waals surface area contributed by atoms with Crippen LogP contribution in [0.25, 0.3) is 0 Å². The summed E-state index contributed by atoms with van der Waals surface area (Å²) in [6, 6.07) is 10.1. The number of hydrogen-bond acceptors (Lipinski definition) is 4. The Morgan fingerprint density at radius 3 is 1.86 bits per heavy atom. The van der Waals surface area contributed by atoms with Crippen molar-refractivity contribution in [1.82, 2.24) is 5.32 Å². The van der Waals surface area contributed by atoms with Gasteiger partial charge < -0.3 is 15.9 Å². The Hall–Kier alpha value is -2.53. The predicted molar refractivity (Wildman–Crippen MR) is 114 cm³/mol. The second kappa shape index (κ2) is 7.84. The largest absolute Gasteiger partial charge is 0.507 e. The summed E-state index contributed by atoms with van der Waals surface area (Å²) in [5.41, 5.74) is 8.82. The van der Waals surface area contributed by atoms with Gasteiger partial charge in [0, 0.05) is 12.2 Å². The van der Waals surface area contributed by atoms with Gasteiger partial charge in [0.1, 0.15) is 11.8 Å². The molecular weight excluding hydrogens is 352 g/mol. The molecule has 0 aliphatic heterocycles. The topological polar surface area (TPSA) is 95.6 Å². The minimum Gasteiger partial charge on any atom is -0.507 e. The van der Waals surface area contributed by atoms with E-state index in [4.69, 9.17) is 5.73 Å². The number of aliphatic carboxylic acids is 1. The number of nitrogen functional groups attached to an aromatic ring is 1. The van der Waals surface area contributed by atoms with E-state index < -0.39 is 12.0 Å². The Morgan fingerprint density at radius 2 is 1.46 bits per heavy atom. The Bertz CT molecular complexity index is 809. The predicted octanol–water partition coefficient (Wildman–Crippen LogP) is 4.48. The molecule has 152 valence electrons. The summed E-state index contributed by atoms with van der Waals surface area (Å²) in [6.45, 7) is 12.5. The molecule has 1 unspecified atom stereocenters. The number of nitrogens with two attached hydrogens (primary N) is 1. The molecule has 2 aromatic carbocycles. The molecular formula is C23H32N2O3. The lowest BCUT2D eigenvalue weighted by atomic mass is 9.77. The van der Waals surface area contributed by atoms with Crippen LogP contribution < -0.4 is 11.1 Å². The van der Waals surface area contributed by atoms with Crippen LogP contribution in [0, 0.1) is 0 Å². The first-order chi connectivity index (χ1) is 12.8. The molecule has 1 atom stereocenters. The van der Waals surface area contributed by atoms with Gasteiger partial charge in [0.05, 0.1) is 0 Å². The summed E-state index contributed by atoms with van der Waals surface area (Å²) in [4.78, 5) is 12.0. The normalized spacial score (nSPS) is 13.4. The number of phenolic OH excluding ortho intramolecular Hbond substituents is 1. The highest BCUT2D eigenvalue weighted by atomic mass is 16.4. The number of carboxylic acid groups (broad SMARTS) is 1. The van der Waals surface area contributed by atoms with Gasteiger partial charge in [-0.1, -0.05) is 53.7 Å². The molecule has 0 spiro atoms. The highest BCUT2D eigenvalue weighted by Crippen LogP contribution is 2.40. The number of hydrogen-bond donors (Lipinski definition) is 4. The van der Waals surface area contributed by atoms with E-state index in [0.29, 0.717) is 17.8 Å². The van der Waals surface area contributed by atoms with E-state index in [0.717, 1.165) is 16.7 Å². The van der Waals surface area contributed by atoms with Crippen molar-refractivity contribution in [3.05, 3.63) is 58.7 Å². The molecule has 2 rings (SSSR count). The molecule has 0 fully saturated rings. The van der Waals surface area contributed by atoms with Gasteiger partial charge in [-0.15, -0.1) is 0 Å². The van der Waals surface area contributed by atoms with Crippen molar-refractivity contribution in [3.8, 4) is 5.75 Å². The van der Waals surface area contributed by atoms with E-state index in [-0.39, 0.29) is 16.6 Å². The molecule has 0 radical (unpaired) electrons. The molecule has 2 aromatic rings. The van der Waals surface area contributed by atoms with Crippen LogP contribution in [0.2, 0.25) is 0 Å². The zero-order valence-electron chi connectivity index (χ0n) is 17.6. The summed E-state index contributed by atoms with van der Waals surface area (Å²) in [5.74, 6) is -0.715. The minimum atomic E-state index is -0.958. The van der Waals surface area contributed by atoms with Crippen molar-refractivity contribution in [2.45, 2.75) is 65.0 Å². The maximum absolute atomic E-state index is 12.0. The number of nitrogens with one attached hydrogen (secondary N) is 1. The lowest BCUT2D eigenvalue weighted by molar-refractivity contribution is -0.139. The fourth-order valence-corrected chi connectivity index (χ4v) is 3.17. The van der Waals surface area contributed by atoms with Gasteiger partial charge >= 0.3 is 5.97 Å². The van der Waals surface area contributed by atoms with Gasteiger partial charge in [-0.2, -0.15) is 0 Å². The summed E-state index contributed by atoms with van der Waals surface area (Å²) in [7, 11) is 0. The smallest absolute Gasteiger partial charge is 0.325 e. The third-order valence-corrected chi connectivity index (χ3v) is 4.82. The van der Waals surface area contributed by atoms with Gasteiger partial charge in [0.2, 0.25) is 0 Å². The standard InChI is InChI=1S/C23H32N2O3/c1-22(2,3)17-11-15(12-18(20(17)26)23(4,5)6)19(21(27)28)25-13-14-7-9-16(24)10-8-14/h7-12,19,25-26H,13,24H2,1-6H3,(H,27,28). The average molecular weight is 385 g/mol. The number of phenols is 1. The first-order valence-corrected chi connectivity index (χ1v) is 9.49. The van der Waals surface area contributed by atoms with Crippen molar-refractivity contribution in [2.75, 3.05) is 5.73 Å². The molecule has 5 N–H and O–H groups in total. The van der Waals surface area contributed by atoms with Crippen molar-refractivity contribution < 1.29 is 15.0 Å². The van der Waals surface area contributed by atoms with Crippen molar-refractivity contribution in [2.24, 2.45) is 0 Å². The number of aromatic hydroxyl groups is 1. The second-order valence-corrected chi connectivity index (χ2v) is 9.36. The Kier molecular flexibility index (Phi) is 6.09. The highest BCUT2D eigenvalue weighted by Gasteiger charge is 2.29. The average Bonchev–Trinajstić information content (AvgIpc) is 2.55. The van der Waals surface area contributed by atoms with Crippen LogP contribution in [0.15, 0.2) is 36.4 Å². The molecule has 0 aliphatic rings. The lowest BCUT2D eigenvalue weighted by Gasteiger charge is -2.29. The molecule has 5 heteroatoms.